The average Bonchev–Trinajstić information content (AvgIpc) is 2.99. The number of benzene rings is 1. The minimum Gasteiger partial charge on any atom is -0.422 e. The van der Waals surface area contributed by atoms with Crippen molar-refractivity contribution in [3.05, 3.63) is 63.8 Å². The van der Waals surface area contributed by atoms with E-state index in [4.69, 9.17) is 4.42 Å². The number of aliphatic hydroxyl groups excluding tert-OH is 1. The molecule has 0 radical (unpaired) electrons. The van der Waals surface area contributed by atoms with Gasteiger partial charge in [-0.05, 0) is 18.6 Å². The van der Waals surface area contributed by atoms with Crippen LogP contribution in [-0.2, 0) is 7.05 Å². The number of aliphatic hydroxyl groups is 1. The van der Waals surface area contributed by atoms with Crippen LogP contribution >= 0.6 is 0 Å². The summed E-state index contributed by atoms with van der Waals surface area (Å²) in [5.74, 6) is -0.574. The maximum atomic E-state index is 12.4. The van der Waals surface area contributed by atoms with Crippen molar-refractivity contribution in [2.75, 3.05) is 6.54 Å². The van der Waals surface area contributed by atoms with Crippen LogP contribution in [0.25, 0.3) is 11.0 Å². The van der Waals surface area contributed by atoms with Gasteiger partial charge in [0.2, 0.25) is 0 Å². The second-order valence-corrected chi connectivity index (χ2v) is 5.56. The number of amides is 1. The third-order valence-electron chi connectivity index (χ3n) is 3.87. The second-order valence-electron chi connectivity index (χ2n) is 5.56. The van der Waals surface area contributed by atoms with Crippen molar-refractivity contribution >= 4 is 16.9 Å². The van der Waals surface area contributed by atoms with Gasteiger partial charge in [-0.1, -0.05) is 18.2 Å². The molecule has 0 saturated carbocycles. The summed E-state index contributed by atoms with van der Waals surface area (Å²) in [7, 11) is 1.73. The molecule has 2 heterocycles. The van der Waals surface area contributed by atoms with Gasteiger partial charge in [0.05, 0.1) is 12.3 Å². The van der Waals surface area contributed by atoms with Crippen LogP contribution in [0, 0.1) is 6.92 Å². The summed E-state index contributed by atoms with van der Waals surface area (Å²) in [6.45, 7) is 1.67. The molecule has 2 N–H and O–H groups in total. The van der Waals surface area contributed by atoms with Crippen molar-refractivity contribution in [3.63, 3.8) is 0 Å². The highest BCUT2D eigenvalue weighted by Crippen LogP contribution is 2.19. The Bertz CT molecular complexity index is 958. The third kappa shape index (κ3) is 2.93. The van der Waals surface area contributed by atoms with Crippen LogP contribution in [0.4, 0.5) is 0 Å². The molecule has 0 bridgehead atoms. The van der Waals surface area contributed by atoms with E-state index in [0.29, 0.717) is 22.1 Å². The number of aromatic nitrogens is 2. The van der Waals surface area contributed by atoms with Gasteiger partial charge in [0.1, 0.15) is 11.1 Å². The zero-order valence-corrected chi connectivity index (χ0v) is 13.3. The second kappa shape index (κ2) is 6.29. The summed E-state index contributed by atoms with van der Waals surface area (Å²) in [6, 6.07) is 7.03. The summed E-state index contributed by atoms with van der Waals surface area (Å²) in [4.78, 5) is 24.5. The minimum absolute atomic E-state index is 0.0315. The Morgan fingerprint density at radius 2 is 2.17 bits per heavy atom. The van der Waals surface area contributed by atoms with E-state index < -0.39 is 17.6 Å². The highest BCUT2D eigenvalue weighted by atomic mass is 16.4. The molecule has 0 saturated heterocycles. The Morgan fingerprint density at radius 1 is 1.42 bits per heavy atom. The van der Waals surface area contributed by atoms with Crippen molar-refractivity contribution in [1.29, 1.82) is 0 Å². The fraction of sp³-hybridized carbons (Fsp3) is 0.235. The van der Waals surface area contributed by atoms with Crippen molar-refractivity contribution < 1.29 is 14.3 Å². The molecule has 1 atom stereocenters. The van der Waals surface area contributed by atoms with Crippen LogP contribution < -0.4 is 10.9 Å². The van der Waals surface area contributed by atoms with Crippen LogP contribution in [-0.4, -0.2) is 27.3 Å². The van der Waals surface area contributed by atoms with Crippen LogP contribution in [0.15, 0.2) is 45.9 Å². The van der Waals surface area contributed by atoms with E-state index in [-0.39, 0.29) is 12.1 Å². The van der Waals surface area contributed by atoms with Crippen molar-refractivity contribution in [2.24, 2.45) is 7.05 Å². The van der Waals surface area contributed by atoms with Gasteiger partial charge < -0.3 is 14.8 Å². The lowest BCUT2D eigenvalue weighted by molar-refractivity contribution is 0.0912. The quantitative estimate of drug-likeness (QED) is 0.704. The Morgan fingerprint density at radius 3 is 2.88 bits per heavy atom. The third-order valence-corrected chi connectivity index (χ3v) is 3.87. The lowest BCUT2D eigenvalue weighted by atomic mass is 10.1. The standard InChI is InChI=1S/C17H17N3O4/c1-10-12-5-3-4-6-14(12)24-17(23)15(10)16(22)18-8-13(21)11-7-19-20(2)9-11/h3-7,9,13,21H,8H2,1-2H3,(H,18,22)/t13-/m1/s1. The predicted octanol–water partition coefficient (Wildman–Crippen LogP) is 1.30. The Hall–Kier alpha value is -2.93. The molecular formula is C17H17N3O4. The van der Waals surface area contributed by atoms with Gasteiger partial charge >= 0.3 is 5.63 Å². The number of hydrogen-bond donors (Lipinski definition) is 2. The molecule has 0 fully saturated rings. The van der Waals surface area contributed by atoms with Gasteiger partial charge in [-0.25, -0.2) is 4.79 Å². The number of rotatable bonds is 4. The number of carbonyl (C=O) groups excluding carboxylic acids is 1. The Labute approximate surface area is 137 Å². The number of nitrogens with one attached hydrogen (secondary N) is 1. The monoisotopic (exact) mass is 327 g/mol. The molecule has 1 aromatic carbocycles. The van der Waals surface area contributed by atoms with E-state index in [1.54, 1.807) is 43.0 Å². The topological polar surface area (TPSA) is 97.4 Å². The molecule has 7 nitrogen and oxygen atoms in total. The van der Waals surface area contributed by atoms with Crippen LogP contribution in [0.1, 0.15) is 27.6 Å². The lowest BCUT2D eigenvalue weighted by Gasteiger charge is -2.11. The average molecular weight is 327 g/mol. The van der Waals surface area contributed by atoms with E-state index >= 15 is 0 Å². The summed E-state index contributed by atoms with van der Waals surface area (Å²) in [6.07, 6.45) is 2.27. The number of nitrogens with zero attached hydrogens (tertiary/aromatic N) is 2. The molecule has 0 aliphatic heterocycles. The fourth-order valence-corrected chi connectivity index (χ4v) is 2.57. The summed E-state index contributed by atoms with van der Waals surface area (Å²) < 4.78 is 6.76. The van der Waals surface area contributed by atoms with Gasteiger partial charge in [0, 0.05) is 30.7 Å². The molecule has 3 aromatic rings. The number of hydrogen-bond acceptors (Lipinski definition) is 5. The largest absolute Gasteiger partial charge is 0.422 e. The minimum atomic E-state index is -0.907. The number of para-hydroxylation sites is 1. The van der Waals surface area contributed by atoms with E-state index in [2.05, 4.69) is 10.4 Å². The van der Waals surface area contributed by atoms with Crippen molar-refractivity contribution in [1.82, 2.24) is 15.1 Å². The maximum absolute atomic E-state index is 12.4. The summed E-state index contributed by atoms with van der Waals surface area (Å²) in [5, 5.41) is 17.3. The summed E-state index contributed by atoms with van der Waals surface area (Å²) in [5.41, 5.74) is 0.828. The van der Waals surface area contributed by atoms with E-state index in [1.807, 2.05) is 6.07 Å². The maximum Gasteiger partial charge on any atom is 0.349 e. The van der Waals surface area contributed by atoms with Gasteiger partial charge in [0.25, 0.3) is 5.91 Å². The molecule has 0 spiro atoms. The van der Waals surface area contributed by atoms with E-state index in [1.165, 1.54) is 6.20 Å². The normalized spacial score (nSPS) is 12.3. The van der Waals surface area contributed by atoms with Crippen molar-refractivity contribution in [2.45, 2.75) is 13.0 Å². The molecule has 3 rings (SSSR count). The zero-order chi connectivity index (χ0) is 17.3. The highest BCUT2D eigenvalue weighted by molar-refractivity contribution is 5.99. The number of fused-ring (bicyclic) bond motifs is 1. The molecular weight excluding hydrogens is 310 g/mol. The van der Waals surface area contributed by atoms with Crippen LogP contribution in [0.2, 0.25) is 0 Å². The van der Waals surface area contributed by atoms with Crippen LogP contribution in [0.3, 0.4) is 0 Å². The van der Waals surface area contributed by atoms with Gasteiger partial charge in [-0.3, -0.25) is 9.48 Å². The molecule has 1 amide bonds. The van der Waals surface area contributed by atoms with Gasteiger partial charge in [0.15, 0.2) is 0 Å². The molecule has 124 valence electrons. The SMILES string of the molecule is Cc1c(C(=O)NC[C@@H](O)c2cnn(C)c2)c(=O)oc2ccccc12. The first-order valence-electron chi connectivity index (χ1n) is 7.44. The van der Waals surface area contributed by atoms with Gasteiger partial charge in [-0.15, -0.1) is 0 Å². The van der Waals surface area contributed by atoms with E-state index in [9.17, 15) is 14.7 Å². The number of aryl methyl sites for hydroxylation is 2. The smallest absolute Gasteiger partial charge is 0.349 e. The lowest BCUT2D eigenvalue weighted by Crippen LogP contribution is -2.32. The zero-order valence-electron chi connectivity index (χ0n) is 13.3. The first kappa shape index (κ1) is 15.9. The number of carbonyl (C=O) groups is 1. The molecule has 0 aliphatic rings. The Balaban J connectivity index is 1.82. The first-order valence-corrected chi connectivity index (χ1v) is 7.44. The molecule has 2 aromatic heterocycles. The van der Waals surface area contributed by atoms with E-state index in [0.717, 1.165) is 0 Å². The van der Waals surface area contributed by atoms with Crippen LogP contribution in [0.5, 0.6) is 0 Å². The predicted molar refractivity (Wildman–Crippen MR) is 87.7 cm³/mol. The molecule has 7 heteroatoms. The fourth-order valence-electron chi connectivity index (χ4n) is 2.57. The first-order chi connectivity index (χ1) is 11.5. The highest BCUT2D eigenvalue weighted by Gasteiger charge is 2.19. The summed E-state index contributed by atoms with van der Waals surface area (Å²) >= 11 is 0. The van der Waals surface area contributed by atoms with Gasteiger partial charge in [-0.2, -0.15) is 5.10 Å². The molecule has 0 unspecified atom stereocenters. The Kier molecular flexibility index (Phi) is 4.18. The van der Waals surface area contributed by atoms with Crippen molar-refractivity contribution in [3.8, 4) is 0 Å². The molecule has 0 aliphatic carbocycles. The molecule has 24 heavy (non-hydrogen) atoms.